The van der Waals surface area contributed by atoms with E-state index in [4.69, 9.17) is 0 Å². The summed E-state index contributed by atoms with van der Waals surface area (Å²) in [5, 5.41) is 0. The van der Waals surface area contributed by atoms with Gasteiger partial charge in [0, 0.05) is 0 Å². The molecule has 0 spiro atoms. The molecule has 0 saturated heterocycles. The summed E-state index contributed by atoms with van der Waals surface area (Å²) in [5.74, 6) is 0. The van der Waals surface area contributed by atoms with Crippen molar-refractivity contribution in [1.29, 1.82) is 0 Å². The van der Waals surface area contributed by atoms with Gasteiger partial charge in [-0.15, -0.1) is 0 Å². The Labute approximate surface area is 86.5 Å². The third-order valence-electron chi connectivity index (χ3n) is 2.86. The summed E-state index contributed by atoms with van der Waals surface area (Å²) in [6.07, 6.45) is 3.91. The van der Waals surface area contributed by atoms with Crippen LogP contribution in [0.2, 0.25) is 0 Å². The van der Waals surface area contributed by atoms with Crippen LogP contribution < -0.4 is 0 Å². The van der Waals surface area contributed by atoms with Crippen LogP contribution in [-0.4, -0.2) is 15.0 Å². The van der Waals surface area contributed by atoms with E-state index in [9.17, 15) is 0 Å². The van der Waals surface area contributed by atoms with E-state index in [1.165, 1.54) is 50.5 Å². The fourth-order valence-corrected chi connectivity index (χ4v) is 3.36. The first-order chi connectivity index (χ1) is 5.16. The fraction of sp³-hybridized carbons (Fsp3) is 1.00. The third-order valence-corrected chi connectivity index (χ3v) is 5.70. The molecule has 0 aromatic carbocycles. The van der Waals surface area contributed by atoms with Crippen molar-refractivity contribution in [3.05, 3.63) is 0 Å². The second-order valence-corrected chi connectivity index (χ2v) is 4.97. The van der Waals surface area contributed by atoms with Crippen LogP contribution in [0.3, 0.4) is 0 Å². The van der Waals surface area contributed by atoms with E-state index >= 15 is 0 Å². The van der Waals surface area contributed by atoms with E-state index in [2.05, 4.69) is 30.6 Å². The molecule has 0 N–H and O–H groups in total. The Kier molecular flexibility index (Phi) is 5.88. The van der Waals surface area contributed by atoms with Gasteiger partial charge in [0.25, 0.3) is 0 Å². The van der Waals surface area contributed by atoms with Crippen molar-refractivity contribution in [2.24, 2.45) is 0 Å². The van der Waals surface area contributed by atoms with E-state index in [1.807, 2.05) is 0 Å². The molecule has 0 aromatic heterocycles. The quantitative estimate of drug-likeness (QED) is 0.704. The normalized spacial score (nSPS) is 12.4. The van der Waals surface area contributed by atoms with Crippen LogP contribution in [0.1, 0.15) is 47.0 Å². The van der Waals surface area contributed by atoms with Crippen molar-refractivity contribution in [2.45, 2.75) is 52.5 Å². The van der Waals surface area contributed by atoms with Gasteiger partial charge >= 0.3 is 86.6 Å². The molecule has 0 fully saturated rings. The standard InChI is InChI=1S/C9H20N.Hf/c1-5-9(6-2,7-3)10-8-4;/h5-8H2,1-4H3;/q-1;+1. The first-order valence-corrected chi connectivity index (χ1v) is 6.26. The van der Waals surface area contributed by atoms with E-state index in [0.717, 1.165) is 0 Å². The fourth-order valence-electron chi connectivity index (χ4n) is 1.66. The van der Waals surface area contributed by atoms with Gasteiger partial charge in [-0.3, -0.25) is 0 Å². The molecule has 0 heterocycles. The SMILES string of the molecule is CC[N]([Hf])C(CC)(CC)CC. The molecule has 11 heavy (non-hydrogen) atoms. The molecule has 0 atom stereocenters. The Bertz CT molecular complexity index is 91.5. The Hall–Kier alpha value is 0.830. The average molecular weight is 321 g/mol. The summed E-state index contributed by atoms with van der Waals surface area (Å²) < 4.78 is 2.62. The average Bonchev–Trinajstić information content (AvgIpc) is 2.08. The molecule has 0 bridgehead atoms. The Morgan fingerprint density at radius 1 is 1.00 bits per heavy atom. The Morgan fingerprint density at radius 3 is 1.45 bits per heavy atom. The maximum atomic E-state index is 2.62. The van der Waals surface area contributed by atoms with E-state index in [-0.39, 0.29) is 0 Å². The topological polar surface area (TPSA) is 3.24 Å². The number of hydrogen-bond donors (Lipinski definition) is 0. The summed E-state index contributed by atoms with van der Waals surface area (Å²) >= 11 is 1.21. The van der Waals surface area contributed by atoms with Crippen LogP contribution in [0, 0.1) is 0 Å². The van der Waals surface area contributed by atoms with Gasteiger partial charge in [-0.25, -0.2) is 0 Å². The van der Waals surface area contributed by atoms with Crippen molar-refractivity contribution < 1.29 is 24.7 Å². The minimum absolute atomic E-state index is 0.529. The molecular formula is C9H20HfN. The van der Waals surface area contributed by atoms with Gasteiger partial charge in [-0.05, 0) is 0 Å². The molecule has 0 radical (unpaired) electrons. The number of rotatable bonds is 5. The van der Waals surface area contributed by atoms with Crippen molar-refractivity contribution in [3.63, 3.8) is 0 Å². The van der Waals surface area contributed by atoms with Crippen LogP contribution in [0.5, 0.6) is 0 Å². The molecule has 1 nitrogen and oxygen atoms in total. The number of hydrogen-bond acceptors (Lipinski definition) is 1. The summed E-state index contributed by atoms with van der Waals surface area (Å²) in [7, 11) is 0. The van der Waals surface area contributed by atoms with Crippen molar-refractivity contribution in [2.75, 3.05) is 6.54 Å². The zero-order valence-electron chi connectivity index (χ0n) is 8.28. The Morgan fingerprint density at radius 2 is 1.36 bits per heavy atom. The second kappa shape index (κ2) is 5.47. The van der Waals surface area contributed by atoms with Crippen LogP contribution in [0.4, 0.5) is 0 Å². The predicted octanol–water partition coefficient (Wildman–Crippen LogP) is 2.74. The first kappa shape index (κ1) is 11.8. The van der Waals surface area contributed by atoms with Gasteiger partial charge < -0.3 is 0 Å². The molecule has 0 aromatic rings. The molecule has 2 heteroatoms. The number of nitrogens with zero attached hydrogens (tertiary/aromatic N) is 1. The zero-order valence-corrected chi connectivity index (χ0v) is 11.9. The van der Waals surface area contributed by atoms with Crippen LogP contribution in [0.15, 0.2) is 0 Å². The van der Waals surface area contributed by atoms with Gasteiger partial charge in [0.1, 0.15) is 0 Å². The monoisotopic (exact) mass is 322 g/mol. The molecule has 0 unspecified atom stereocenters. The van der Waals surface area contributed by atoms with Gasteiger partial charge in [-0.1, -0.05) is 0 Å². The molecule has 0 aliphatic heterocycles. The molecule has 0 amide bonds. The van der Waals surface area contributed by atoms with Gasteiger partial charge in [0.15, 0.2) is 0 Å². The maximum absolute atomic E-state index is 2.62. The molecule has 0 rings (SSSR count). The van der Waals surface area contributed by atoms with E-state index < -0.39 is 0 Å². The first-order valence-electron chi connectivity index (χ1n) is 4.65. The molecule has 0 saturated carbocycles. The molecule has 0 aliphatic carbocycles. The molecule has 0 aliphatic rings. The second-order valence-electron chi connectivity index (χ2n) is 3.03. The molecular weight excluding hydrogens is 301 g/mol. The van der Waals surface area contributed by atoms with Crippen molar-refractivity contribution in [3.8, 4) is 0 Å². The summed E-state index contributed by atoms with van der Waals surface area (Å²) in [6, 6.07) is 0. The molecule has 65 valence electrons. The van der Waals surface area contributed by atoms with Gasteiger partial charge in [0.05, 0.1) is 0 Å². The summed E-state index contributed by atoms with van der Waals surface area (Å²) in [6.45, 7) is 10.4. The van der Waals surface area contributed by atoms with Crippen LogP contribution >= 0.6 is 0 Å². The predicted molar refractivity (Wildman–Crippen MR) is 46.0 cm³/mol. The van der Waals surface area contributed by atoms with Gasteiger partial charge in [-0.2, -0.15) is 0 Å². The minimum atomic E-state index is 0.529. The zero-order chi connectivity index (χ0) is 8.91. The Balaban J connectivity index is 4.26. The van der Waals surface area contributed by atoms with Crippen LogP contribution in [0.25, 0.3) is 0 Å². The third kappa shape index (κ3) is 2.66. The van der Waals surface area contributed by atoms with Crippen molar-refractivity contribution >= 4 is 0 Å². The van der Waals surface area contributed by atoms with Crippen molar-refractivity contribution in [1.82, 2.24) is 2.89 Å². The van der Waals surface area contributed by atoms with E-state index in [0.29, 0.717) is 5.54 Å². The van der Waals surface area contributed by atoms with Gasteiger partial charge in [0.2, 0.25) is 0 Å². The van der Waals surface area contributed by atoms with Crippen LogP contribution in [-0.2, 0) is 24.7 Å². The summed E-state index contributed by atoms with van der Waals surface area (Å²) in [4.78, 5) is 0. The van der Waals surface area contributed by atoms with E-state index in [1.54, 1.807) is 0 Å². The summed E-state index contributed by atoms with van der Waals surface area (Å²) in [5.41, 5.74) is 0.529.